The second kappa shape index (κ2) is 6.48. The van der Waals surface area contributed by atoms with Crippen LogP contribution < -0.4 is 10.5 Å². The Morgan fingerprint density at radius 3 is 2.79 bits per heavy atom. The Bertz CT molecular complexity index is 488. The number of nitrogens with two attached hydrogens (primary N) is 1. The summed E-state index contributed by atoms with van der Waals surface area (Å²) in [6.45, 7) is 0.269. The van der Waals surface area contributed by atoms with Crippen LogP contribution in [0.4, 0.5) is 0 Å². The van der Waals surface area contributed by atoms with E-state index in [4.69, 9.17) is 15.7 Å². The molecule has 7 heteroatoms. The molecule has 7 nitrogen and oxygen atoms in total. The zero-order chi connectivity index (χ0) is 14.4. The molecule has 0 saturated carbocycles. The molecule has 0 atom stereocenters. The number of nitrogens with zero attached hydrogens (tertiary/aromatic N) is 2. The number of aromatic hydroxyl groups is 1. The molecular formula is C12H17N3O4. The second-order valence-electron chi connectivity index (χ2n) is 3.92. The van der Waals surface area contributed by atoms with E-state index in [9.17, 15) is 9.90 Å². The number of hydrogen-bond acceptors (Lipinski definition) is 5. The second-order valence-corrected chi connectivity index (χ2v) is 3.92. The average Bonchev–Trinajstić information content (AvgIpc) is 2.43. The fraction of sp³-hybridized carbons (Fsp3) is 0.333. The lowest BCUT2D eigenvalue weighted by atomic mass is 10.1. The van der Waals surface area contributed by atoms with Crippen molar-refractivity contribution in [1.29, 1.82) is 0 Å². The molecule has 0 unspecified atom stereocenters. The van der Waals surface area contributed by atoms with Gasteiger partial charge in [0.2, 0.25) is 0 Å². The van der Waals surface area contributed by atoms with Crippen molar-refractivity contribution in [2.75, 3.05) is 20.7 Å². The minimum atomic E-state index is -0.373. The summed E-state index contributed by atoms with van der Waals surface area (Å²) < 4.78 is 4.94. The monoisotopic (exact) mass is 267 g/mol. The lowest BCUT2D eigenvalue weighted by Crippen LogP contribution is -2.30. The third-order valence-electron chi connectivity index (χ3n) is 2.63. The van der Waals surface area contributed by atoms with Gasteiger partial charge in [0, 0.05) is 20.0 Å². The maximum absolute atomic E-state index is 12.1. The van der Waals surface area contributed by atoms with Gasteiger partial charge in [0.1, 0.15) is 5.84 Å². The Morgan fingerprint density at radius 1 is 1.53 bits per heavy atom. The van der Waals surface area contributed by atoms with Gasteiger partial charge in [-0.15, -0.1) is 0 Å². The number of phenols is 1. The van der Waals surface area contributed by atoms with Crippen molar-refractivity contribution in [2.24, 2.45) is 10.9 Å². The largest absolute Gasteiger partial charge is 0.504 e. The molecule has 0 aliphatic rings. The average molecular weight is 267 g/mol. The molecule has 0 aliphatic carbocycles. The molecule has 0 radical (unpaired) electrons. The molecule has 1 aromatic carbocycles. The minimum absolute atomic E-state index is 0.0366. The third-order valence-corrected chi connectivity index (χ3v) is 2.63. The van der Waals surface area contributed by atoms with Gasteiger partial charge in [-0.2, -0.15) is 0 Å². The molecule has 0 fully saturated rings. The van der Waals surface area contributed by atoms with Gasteiger partial charge < -0.3 is 25.7 Å². The van der Waals surface area contributed by atoms with Gasteiger partial charge >= 0.3 is 0 Å². The highest BCUT2D eigenvalue weighted by molar-refractivity contribution is 5.97. The summed E-state index contributed by atoms with van der Waals surface area (Å²) in [5.74, 6) is -0.307. The van der Waals surface area contributed by atoms with Crippen LogP contribution in [0.1, 0.15) is 16.8 Å². The summed E-state index contributed by atoms with van der Waals surface area (Å²) in [7, 11) is 2.97. The van der Waals surface area contributed by atoms with Crippen LogP contribution in [0.3, 0.4) is 0 Å². The quantitative estimate of drug-likeness (QED) is 0.313. The Labute approximate surface area is 110 Å². The van der Waals surface area contributed by atoms with Crippen molar-refractivity contribution in [3.05, 3.63) is 23.8 Å². The first-order chi connectivity index (χ1) is 9.01. The van der Waals surface area contributed by atoms with E-state index in [1.807, 2.05) is 0 Å². The highest BCUT2D eigenvalue weighted by Crippen LogP contribution is 2.29. The maximum Gasteiger partial charge on any atom is 0.257 e. The van der Waals surface area contributed by atoms with Crippen molar-refractivity contribution in [2.45, 2.75) is 6.42 Å². The van der Waals surface area contributed by atoms with E-state index < -0.39 is 0 Å². The lowest BCUT2D eigenvalue weighted by Gasteiger charge is -2.18. The number of hydrogen-bond donors (Lipinski definition) is 3. The van der Waals surface area contributed by atoms with E-state index in [-0.39, 0.29) is 41.8 Å². The van der Waals surface area contributed by atoms with Crippen LogP contribution in [0, 0.1) is 0 Å². The summed E-state index contributed by atoms with van der Waals surface area (Å²) in [6.07, 6.45) is 0.240. The van der Waals surface area contributed by atoms with Crippen molar-refractivity contribution in [3.63, 3.8) is 0 Å². The molecule has 0 heterocycles. The number of benzene rings is 1. The highest BCUT2D eigenvalue weighted by Gasteiger charge is 2.18. The van der Waals surface area contributed by atoms with Crippen LogP contribution in [0.25, 0.3) is 0 Å². The van der Waals surface area contributed by atoms with E-state index in [1.54, 1.807) is 19.2 Å². The molecule has 104 valence electrons. The maximum atomic E-state index is 12.1. The van der Waals surface area contributed by atoms with Crippen LogP contribution in [-0.4, -0.2) is 47.7 Å². The fourth-order valence-corrected chi connectivity index (χ4v) is 1.50. The summed E-state index contributed by atoms with van der Waals surface area (Å²) in [5, 5.41) is 21.1. The van der Waals surface area contributed by atoms with Gasteiger partial charge in [-0.05, 0) is 12.1 Å². The van der Waals surface area contributed by atoms with Gasteiger partial charge in [-0.1, -0.05) is 11.2 Å². The predicted molar refractivity (Wildman–Crippen MR) is 69.6 cm³/mol. The number of amides is 1. The number of rotatable bonds is 5. The lowest BCUT2D eigenvalue weighted by molar-refractivity contribution is 0.0795. The van der Waals surface area contributed by atoms with Gasteiger partial charge in [0.05, 0.1) is 12.7 Å². The van der Waals surface area contributed by atoms with Crippen LogP contribution in [0.15, 0.2) is 23.4 Å². The molecule has 0 spiro atoms. The van der Waals surface area contributed by atoms with Crippen molar-refractivity contribution >= 4 is 11.7 Å². The number of ether oxygens (including phenoxy) is 1. The van der Waals surface area contributed by atoms with Gasteiger partial charge in [0.25, 0.3) is 5.91 Å². The van der Waals surface area contributed by atoms with Gasteiger partial charge in [-0.3, -0.25) is 4.79 Å². The zero-order valence-electron chi connectivity index (χ0n) is 10.8. The predicted octanol–water partition coefficient (Wildman–Crippen LogP) is 0.609. The Kier molecular flexibility index (Phi) is 4.99. The summed E-state index contributed by atoms with van der Waals surface area (Å²) in [4.78, 5) is 13.5. The molecule has 19 heavy (non-hydrogen) atoms. The molecular weight excluding hydrogens is 250 g/mol. The summed E-state index contributed by atoms with van der Waals surface area (Å²) >= 11 is 0. The first kappa shape index (κ1) is 14.6. The number of carbonyl (C=O) groups excluding carboxylic acids is 1. The normalized spacial score (nSPS) is 11.2. The topological polar surface area (TPSA) is 108 Å². The van der Waals surface area contributed by atoms with E-state index in [0.717, 1.165) is 0 Å². The van der Waals surface area contributed by atoms with Crippen molar-refractivity contribution in [3.8, 4) is 11.5 Å². The molecule has 1 amide bonds. The van der Waals surface area contributed by atoms with E-state index in [0.29, 0.717) is 0 Å². The number of para-hydroxylation sites is 1. The summed E-state index contributed by atoms with van der Waals surface area (Å²) in [5.41, 5.74) is 5.47. The van der Waals surface area contributed by atoms with Crippen molar-refractivity contribution < 1.29 is 19.8 Å². The van der Waals surface area contributed by atoms with Gasteiger partial charge in [-0.25, -0.2) is 0 Å². The smallest absolute Gasteiger partial charge is 0.257 e. The molecule has 0 aliphatic heterocycles. The number of carbonyl (C=O) groups is 1. The summed E-state index contributed by atoms with van der Waals surface area (Å²) in [6, 6.07) is 4.67. The standard InChI is InChI=1S/C12H17N3O4/c1-15(7-6-10(13)14-18)12(17)8-4-3-5-9(19-2)11(8)16/h3-5,16,18H,6-7H2,1-2H3,(H2,13,14). The molecule has 4 N–H and O–H groups in total. The molecule has 0 aromatic heterocycles. The Morgan fingerprint density at radius 2 is 2.21 bits per heavy atom. The number of oxime groups is 1. The van der Waals surface area contributed by atoms with Crippen LogP contribution >= 0.6 is 0 Å². The highest BCUT2D eigenvalue weighted by atomic mass is 16.5. The van der Waals surface area contributed by atoms with Crippen LogP contribution in [0.2, 0.25) is 0 Å². The molecule has 0 bridgehead atoms. The van der Waals surface area contributed by atoms with Crippen molar-refractivity contribution in [1.82, 2.24) is 4.90 Å². The number of amidine groups is 1. The van der Waals surface area contributed by atoms with Crippen LogP contribution in [0.5, 0.6) is 11.5 Å². The molecule has 0 saturated heterocycles. The van der Waals surface area contributed by atoms with Crippen LogP contribution in [-0.2, 0) is 0 Å². The zero-order valence-corrected chi connectivity index (χ0v) is 10.8. The Hall–Kier alpha value is -2.44. The number of methoxy groups -OCH3 is 1. The molecule has 1 aromatic rings. The SMILES string of the molecule is COc1cccc(C(=O)N(C)CC/C(N)=N/O)c1O. The third kappa shape index (κ3) is 3.51. The van der Waals surface area contributed by atoms with E-state index in [2.05, 4.69) is 5.16 Å². The molecule has 1 rings (SSSR count). The van der Waals surface area contributed by atoms with E-state index in [1.165, 1.54) is 18.1 Å². The number of phenolic OH excluding ortho intramolecular Hbond substituents is 1. The first-order valence-corrected chi connectivity index (χ1v) is 5.59. The van der Waals surface area contributed by atoms with Gasteiger partial charge in [0.15, 0.2) is 11.5 Å². The first-order valence-electron chi connectivity index (χ1n) is 5.59. The minimum Gasteiger partial charge on any atom is -0.504 e. The Balaban J connectivity index is 2.82. The van der Waals surface area contributed by atoms with E-state index >= 15 is 0 Å². The fourth-order valence-electron chi connectivity index (χ4n) is 1.50.